The van der Waals surface area contributed by atoms with E-state index >= 15 is 0 Å². The molecular weight excluding hydrogens is 250 g/mol. The van der Waals surface area contributed by atoms with Gasteiger partial charge >= 0.3 is 5.97 Å². The molecule has 104 valence electrons. The highest BCUT2D eigenvalue weighted by Gasteiger charge is 2.29. The molecule has 0 bridgehead atoms. The molecule has 0 amide bonds. The van der Waals surface area contributed by atoms with Crippen molar-refractivity contribution in [3.05, 3.63) is 48.0 Å². The van der Waals surface area contributed by atoms with E-state index in [1.807, 2.05) is 7.05 Å². The summed E-state index contributed by atoms with van der Waals surface area (Å²) in [4.78, 5) is 13.7. The number of cyclic esters (lactones) is 1. The zero-order chi connectivity index (χ0) is 13.9. The van der Waals surface area contributed by atoms with Crippen molar-refractivity contribution in [2.75, 3.05) is 20.2 Å². The van der Waals surface area contributed by atoms with E-state index in [1.165, 1.54) is 16.3 Å². The van der Waals surface area contributed by atoms with Gasteiger partial charge in [-0.3, -0.25) is 9.69 Å². The number of fused-ring (bicyclic) bond motifs is 1. The first-order valence-electron chi connectivity index (χ1n) is 7.09. The Morgan fingerprint density at radius 3 is 2.80 bits per heavy atom. The minimum Gasteiger partial charge on any atom is -0.464 e. The van der Waals surface area contributed by atoms with Crippen molar-refractivity contribution in [2.45, 2.75) is 18.9 Å². The third-order valence-electron chi connectivity index (χ3n) is 4.05. The Labute approximate surface area is 119 Å². The molecule has 2 aromatic rings. The first-order chi connectivity index (χ1) is 9.75. The Bertz CT molecular complexity index is 618. The van der Waals surface area contributed by atoms with Gasteiger partial charge in [0.2, 0.25) is 0 Å². The van der Waals surface area contributed by atoms with Crippen LogP contribution in [0.3, 0.4) is 0 Å². The SMILES string of the molecule is CN(CCc1cccc2ccccc12)C1CCOC1=O. The minimum absolute atomic E-state index is 0.0648. The molecule has 1 aliphatic rings. The molecular formula is C17H19NO2. The van der Waals surface area contributed by atoms with E-state index in [0.29, 0.717) is 6.61 Å². The Kier molecular flexibility index (Phi) is 3.70. The van der Waals surface area contributed by atoms with Gasteiger partial charge in [0.05, 0.1) is 6.61 Å². The first-order valence-corrected chi connectivity index (χ1v) is 7.09. The largest absolute Gasteiger partial charge is 0.464 e. The number of rotatable bonds is 4. The lowest BCUT2D eigenvalue weighted by molar-refractivity contribution is -0.141. The highest BCUT2D eigenvalue weighted by Crippen LogP contribution is 2.20. The van der Waals surface area contributed by atoms with Crippen molar-refractivity contribution in [1.82, 2.24) is 4.90 Å². The maximum Gasteiger partial charge on any atom is 0.323 e. The van der Waals surface area contributed by atoms with Crippen LogP contribution in [0.4, 0.5) is 0 Å². The van der Waals surface area contributed by atoms with Crippen LogP contribution in [0.15, 0.2) is 42.5 Å². The van der Waals surface area contributed by atoms with E-state index in [0.717, 1.165) is 19.4 Å². The van der Waals surface area contributed by atoms with Gasteiger partial charge in [-0.05, 0) is 29.8 Å². The zero-order valence-electron chi connectivity index (χ0n) is 11.7. The molecule has 0 aromatic heterocycles. The van der Waals surface area contributed by atoms with Crippen LogP contribution in [0.1, 0.15) is 12.0 Å². The van der Waals surface area contributed by atoms with E-state index in [-0.39, 0.29) is 12.0 Å². The lowest BCUT2D eigenvalue weighted by atomic mass is 10.0. The van der Waals surface area contributed by atoms with Gasteiger partial charge in [0, 0.05) is 13.0 Å². The first kappa shape index (κ1) is 13.1. The van der Waals surface area contributed by atoms with Crippen LogP contribution in [0.5, 0.6) is 0 Å². The fourth-order valence-corrected chi connectivity index (χ4v) is 2.85. The second-order valence-electron chi connectivity index (χ2n) is 5.34. The Balaban J connectivity index is 1.72. The molecule has 1 saturated heterocycles. The number of esters is 1. The van der Waals surface area contributed by atoms with E-state index in [9.17, 15) is 4.79 Å². The topological polar surface area (TPSA) is 29.5 Å². The minimum atomic E-state index is -0.0783. The van der Waals surface area contributed by atoms with Crippen molar-refractivity contribution >= 4 is 16.7 Å². The number of carbonyl (C=O) groups is 1. The third kappa shape index (κ3) is 2.54. The summed E-state index contributed by atoms with van der Waals surface area (Å²) in [5.74, 6) is -0.0783. The Hall–Kier alpha value is -1.87. The quantitative estimate of drug-likeness (QED) is 0.799. The van der Waals surface area contributed by atoms with Gasteiger partial charge in [-0.15, -0.1) is 0 Å². The monoisotopic (exact) mass is 269 g/mol. The molecule has 2 aromatic carbocycles. The van der Waals surface area contributed by atoms with E-state index < -0.39 is 0 Å². The second kappa shape index (κ2) is 5.63. The van der Waals surface area contributed by atoms with Gasteiger partial charge in [-0.2, -0.15) is 0 Å². The number of hydrogen-bond donors (Lipinski definition) is 0. The third-order valence-corrected chi connectivity index (χ3v) is 4.05. The van der Waals surface area contributed by atoms with Gasteiger partial charge in [0.1, 0.15) is 6.04 Å². The van der Waals surface area contributed by atoms with Gasteiger partial charge in [0.25, 0.3) is 0 Å². The number of ether oxygens (including phenoxy) is 1. The molecule has 0 radical (unpaired) electrons. The molecule has 0 aliphatic carbocycles. The maximum atomic E-state index is 11.6. The van der Waals surface area contributed by atoms with Crippen molar-refractivity contribution in [3.8, 4) is 0 Å². The molecule has 3 rings (SSSR count). The molecule has 0 saturated carbocycles. The Morgan fingerprint density at radius 2 is 2.00 bits per heavy atom. The van der Waals surface area contributed by atoms with E-state index in [2.05, 4.69) is 47.4 Å². The predicted octanol–water partition coefficient (Wildman–Crippen LogP) is 2.63. The molecule has 1 atom stereocenters. The summed E-state index contributed by atoms with van der Waals surface area (Å²) in [5, 5.41) is 2.57. The lowest BCUT2D eigenvalue weighted by Gasteiger charge is -2.21. The number of likely N-dealkylation sites (N-methyl/N-ethyl adjacent to an activating group) is 1. The van der Waals surface area contributed by atoms with E-state index in [1.54, 1.807) is 0 Å². The van der Waals surface area contributed by atoms with Gasteiger partial charge in [-0.25, -0.2) is 0 Å². The van der Waals surface area contributed by atoms with Crippen molar-refractivity contribution in [1.29, 1.82) is 0 Å². The van der Waals surface area contributed by atoms with Crippen molar-refractivity contribution in [3.63, 3.8) is 0 Å². The molecule has 20 heavy (non-hydrogen) atoms. The number of benzene rings is 2. The molecule has 3 nitrogen and oxygen atoms in total. The van der Waals surface area contributed by atoms with Crippen LogP contribution in [0.25, 0.3) is 10.8 Å². The maximum absolute atomic E-state index is 11.6. The fourth-order valence-electron chi connectivity index (χ4n) is 2.85. The molecule has 1 aliphatic heterocycles. The van der Waals surface area contributed by atoms with Gasteiger partial charge < -0.3 is 4.74 Å². The molecule has 1 heterocycles. The summed E-state index contributed by atoms with van der Waals surface area (Å²) in [6.45, 7) is 1.43. The molecule has 1 unspecified atom stereocenters. The summed E-state index contributed by atoms with van der Waals surface area (Å²) in [7, 11) is 2.00. The summed E-state index contributed by atoms with van der Waals surface area (Å²) in [6, 6.07) is 14.8. The average molecular weight is 269 g/mol. The molecule has 0 N–H and O–H groups in total. The summed E-state index contributed by atoms with van der Waals surface area (Å²) in [6.07, 6.45) is 1.76. The van der Waals surface area contributed by atoms with Crippen LogP contribution in [0, 0.1) is 0 Å². The van der Waals surface area contributed by atoms with Gasteiger partial charge in [0.15, 0.2) is 0 Å². The summed E-state index contributed by atoms with van der Waals surface area (Å²) >= 11 is 0. The van der Waals surface area contributed by atoms with Crippen LogP contribution in [-0.4, -0.2) is 37.1 Å². The number of hydrogen-bond acceptors (Lipinski definition) is 3. The van der Waals surface area contributed by atoms with Crippen molar-refractivity contribution in [2.24, 2.45) is 0 Å². The average Bonchev–Trinajstić information content (AvgIpc) is 2.91. The van der Waals surface area contributed by atoms with Crippen molar-refractivity contribution < 1.29 is 9.53 Å². The second-order valence-corrected chi connectivity index (χ2v) is 5.34. The van der Waals surface area contributed by atoms with Crippen LogP contribution in [0.2, 0.25) is 0 Å². The van der Waals surface area contributed by atoms with Crippen LogP contribution in [-0.2, 0) is 16.0 Å². The summed E-state index contributed by atoms with van der Waals surface area (Å²) < 4.78 is 5.03. The highest BCUT2D eigenvalue weighted by molar-refractivity contribution is 5.85. The Morgan fingerprint density at radius 1 is 1.20 bits per heavy atom. The van der Waals surface area contributed by atoms with Gasteiger partial charge in [-0.1, -0.05) is 42.5 Å². The standard InChI is InChI=1S/C17H19NO2/c1-18(16-10-12-20-17(16)19)11-9-14-7-4-6-13-5-2-3-8-15(13)14/h2-8,16H,9-12H2,1H3. The molecule has 0 spiro atoms. The zero-order valence-corrected chi connectivity index (χ0v) is 11.7. The number of carbonyl (C=O) groups excluding carboxylic acids is 1. The predicted molar refractivity (Wildman–Crippen MR) is 79.6 cm³/mol. The van der Waals surface area contributed by atoms with E-state index in [4.69, 9.17) is 4.74 Å². The number of nitrogens with zero attached hydrogens (tertiary/aromatic N) is 1. The summed E-state index contributed by atoms with van der Waals surface area (Å²) in [5.41, 5.74) is 1.33. The highest BCUT2D eigenvalue weighted by atomic mass is 16.5. The normalized spacial score (nSPS) is 18.7. The molecule has 3 heteroatoms. The fraction of sp³-hybridized carbons (Fsp3) is 0.353. The molecule has 1 fully saturated rings. The van der Waals surface area contributed by atoms with Crippen LogP contribution >= 0.6 is 0 Å². The smallest absolute Gasteiger partial charge is 0.323 e. The van der Waals surface area contributed by atoms with Crippen LogP contribution < -0.4 is 0 Å². The lowest BCUT2D eigenvalue weighted by Crippen LogP contribution is -2.36.